The van der Waals surface area contributed by atoms with Crippen molar-refractivity contribution in [1.29, 1.82) is 0 Å². The lowest BCUT2D eigenvalue weighted by molar-refractivity contribution is -0.188. The second-order valence-corrected chi connectivity index (χ2v) is 5.19. The first-order valence-electron chi connectivity index (χ1n) is 6.88. The molecule has 1 fully saturated rings. The van der Waals surface area contributed by atoms with E-state index >= 15 is 0 Å². The Morgan fingerprint density at radius 3 is 2.82 bits per heavy atom. The number of aromatic amines is 1. The van der Waals surface area contributed by atoms with E-state index < -0.39 is 30.4 Å². The number of halogens is 3. The zero-order valence-corrected chi connectivity index (χ0v) is 11.7. The largest absolute Gasteiger partial charge is 0.411 e. The highest BCUT2D eigenvalue weighted by Gasteiger charge is 2.31. The molecule has 6 nitrogen and oxygen atoms in total. The lowest BCUT2D eigenvalue weighted by Gasteiger charge is -2.29. The minimum atomic E-state index is -4.35. The van der Waals surface area contributed by atoms with Gasteiger partial charge >= 0.3 is 6.18 Å². The molecule has 0 aliphatic heterocycles. The zero-order chi connectivity index (χ0) is 16.2. The summed E-state index contributed by atoms with van der Waals surface area (Å²) in [5.41, 5.74) is -0.368. The Hall–Kier alpha value is -1.90. The molecule has 0 unspecified atom stereocenters. The Kier molecular flexibility index (Phi) is 5.17. The van der Waals surface area contributed by atoms with E-state index in [2.05, 4.69) is 15.5 Å². The fourth-order valence-corrected chi connectivity index (χ4v) is 2.37. The molecule has 2 rings (SSSR count). The molecular weight excluding hydrogens is 303 g/mol. The van der Waals surface area contributed by atoms with Crippen LogP contribution in [0.1, 0.15) is 36.2 Å². The number of alkyl halides is 3. The maximum atomic E-state index is 12.1. The molecule has 1 aliphatic carbocycles. The SMILES string of the molecule is O=C(N[C@@H]1CCC[C@H](OCC(F)(F)F)C1)c1ccc(=O)[nH]n1. The molecule has 2 atom stereocenters. The van der Waals surface area contributed by atoms with Gasteiger partial charge in [-0.25, -0.2) is 5.10 Å². The summed E-state index contributed by atoms with van der Waals surface area (Å²) in [5.74, 6) is -0.474. The van der Waals surface area contributed by atoms with Crippen LogP contribution in [0.3, 0.4) is 0 Å². The van der Waals surface area contributed by atoms with Crippen molar-refractivity contribution in [2.24, 2.45) is 0 Å². The number of carbonyl (C=O) groups excluding carboxylic acids is 1. The molecule has 2 N–H and O–H groups in total. The number of ether oxygens (including phenoxy) is 1. The molecular formula is C13H16F3N3O3. The first-order valence-corrected chi connectivity index (χ1v) is 6.88. The summed E-state index contributed by atoms with van der Waals surface area (Å²) >= 11 is 0. The molecule has 0 bridgehead atoms. The highest BCUT2D eigenvalue weighted by molar-refractivity contribution is 5.92. The Labute approximate surface area is 124 Å². The number of rotatable bonds is 4. The second-order valence-electron chi connectivity index (χ2n) is 5.19. The summed E-state index contributed by atoms with van der Waals surface area (Å²) in [4.78, 5) is 22.8. The van der Waals surface area contributed by atoms with E-state index in [0.717, 1.165) is 0 Å². The summed E-state index contributed by atoms with van der Waals surface area (Å²) in [6, 6.07) is 2.19. The topological polar surface area (TPSA) is 84.1 Å². The third kappa shape index (κ3) is 5.14. The maximum Gasteiger partial charge on any atom is 0.411 e. The number of H-pyrrole nitrogens is 1. The van der Waals surface area contributed by atoms with Crippen LogP contribution in [-0.2, 0) is 4.74 Å². The van der Waals surface area contributed by atoms with Crippen molar-refractivity contribution < 1.29 is 22.7 Å². The third-order valence-corrected chi connectivity index (χ3v) is 3.36. The number of nitrogens with zero attached hydrogens (tertiary/aromatic N) is 1. The van der Waals surface area contributed by atoms with E-state index in [1.54, 1.807) is 0 Å². The van der Waals surface area contributed by atoms with Gasteiger partial charge in [0.1, 0.15) is 12.3 Å². The Morgan fingerprint density at radius 2 is 2.18 bits per heavy atom. The van der Waals surface area contributed by atoms with Crippen molar-refractivity contribution in [2.75, 3.05) is 6.61 Å². The molecule has 0 saturated heterocycles. The van der Waals surface area contributed by atoms with Gasteiger partial charge in [-0.05, 0) is 31.7 Å². The molecule has 1 aromatic heterocycles. The first kappa shape index (κ1) is 16.5. The molecule has 122 valence electrons. The van der Waals surface area contributed by atoms with Gasteiger partial charge in [-0.15, -0.1) is 0 Å². The van der Waals surface area contributed by atoms with Gasteiger partial charge in [-0.2, -0.15) is 18.3 Å². The molecule has 22 heavy (non-hydrogen) atoms. The number of hydrogen-bond donors (Lipinski definition) is 2. The van der Waals surface area contributed by atoms with Crippen LogP contribution in [0, 0.1) is 0 Å². The molecule has 1 saturated carbocycles. The minimum absolute atomic E-state index is 0.0536. The molecule has 0 aromatic carbocycles. The highest BCUT2D eigenvalue weighted by atomic mass is 19.4. The van der Waals surface area contributed by atoms with E-state index in [1.807, 2.05) is 0 Å². The predicted molar refractivity (Wildman–Crippen MR) is 70.4 cm³/mol. The van der Waals surface area contributed by atoms with Gasteiger partial charge in [0.2, 0.25) is 0 Å². The van der Waals surface area contributed by atoms with Crippen molar-refractivity contribution >= 4 is 5.91 Å². The van der Waals surface area contributed by atoms with Crippen LogP contribution in [-0.4, -0.2) is 41.0 Å². The Bertz CT molecular complexity index is 553. The molecule has 9 heteroatoms. The van der Waals surface area contributed by atoms with Gasteiger partial charge in [0, 0.05) is 12.1 Å². The fraction of sp³-hybridized carbons (Fsp3) is 0.615. The third-order valence-electron chi connectivity index (χ3n) is 3.36. The van der Waals surface area contributed by atoms with E-state index in [0.29, 0.717) is 25.7 Å². The van der Waals surface area contributed by atoms with Crippen molar-refractivity contribution in [3.05, 3.63) is 28.2 Å². The molecule has 0 radical (unpaired) electrons. The maximum absolute atomic E-state index is 12.1. The molecule has 1 aromatic rings. The summed E-state index contributed by atoms with van der Waals surface area (Å²) < 4.78 is 41.3. The van der Waals surface area contributed by atoms with E-state index in [-0.39, 0.29) is 11.7 Å². The van der Waals surface area contributed by atoms with Crippen LogP contribution < -0.4 is 10.9 Å². The summed E-state index contributed by atoms with van der Waals surface area (Å²) in [7, 11) is 0. The average Bonchev–Trinajstić information content (AvgIpc) is 2.45. The lowest BCUT2D eigenvalue weighted by atomic mass is 9.92. The van der Waals surface area contributed by atoms with Gasteiger partial charge in [0.15, 0.2) is 0 Å². The van der Waals surface area contributed by atoms with E-state index in [9.17, 15) is 22.8 Å². The van der Waals surface area contributed by atoms with Crippen LogP contribution in [0.4, 0.5) is 13.2 Å². The van der Waals surface area contributed by atoms with Crippen LogP contribution in [0.5, 0.6) is 0 Å². The monoisotopic (exact) mass is 319 g/mol. The van der Waals surface area contributed by atoms with Gasteiger partial charge in [0.25, 0.3) is 11.5 Å². The molecule has 0 spiro atoms. The van der Waals surface area contributed by atoms with Gasteiger partial charge in [0.05, 0.1) is 6.10 Å². The number of carbonyl (C=O) groups is 1. The number of hydrogen-bond acceptors (Lipinski definition) is 4. The van der Waals surface area contributed by atoms with Crippen LogP contribution in [0.2, 0.25) is 0 Å². The smallest absolute Gasteiger partial charge is 0.369 e. The molecule has 1 amide bonds. The lowest BCUT2D eigenvalue weighted by Crippen LogP contribution is -2.41. The van der Waals surface area contributed by atoms with Gasteiger partial charge in [-0.1, -0.05) is 0 Å². The average molecular weight is 319 g/mol. The standard InChI is InChI=1S/C13H16F3N3O3/c14-13(15,16)7-22-9-3-1-2-8(6-9)17-12(21)10-4-5-11(20)19-18-10/h4-5,8-9H,1-3,6-7H2,(H,17,21)(H,19,20)/t8-,9+/m1/s1. The summed E-state index contributed by atoms with van der Waals surface area (Å²) in [5, 5.41) is 8.45. The van der Waals surface area contributed by atoms with E-state index in [1.165, 1.54) is 12.1 Å². The van der Waals surface area contributed by atoms with Crippen molar-refractivity contribution in [3.8, 4) is 0 Å². The number of aromatic nitrogens is 2. The summed E-state index contributed by atoms with van der Waals surface area (Å²) in [6.45, 7) is -1.28. The summed E-state index contributed by atoms with van der Waals surface area (Å²) in [6.07, 6.45) is -2.67. The Morgan fingerprint density at radius 1 is 1.41 bits per heavy atom. The first-order chi connectivity index (χ1) is 10.3. The van der Waals surface area contributed by atoms with Crippen molar-refractivity contribution in [2.45, 2.75) is 44.0 Å². The second kappa shape index (κ2) is 6.91. The van der Waals surface area contributed by atoms with Gasteiger partial charge < -0.3 is 10.1 Å². The molecule has 1 aliphatic rings. The number of nitrogens with one attached hydrogen (secondary N) is 2. The predicted octanol–water partition coefficient (Wildman–Crippen LogP) is 1.39. The number of amides is 1. The van der Waals surface area contributed by atoms with Gasteiger partial charge in [-0.3, -0.25) is 9.59 Å². The minimum Gasteiger partial charge on any atom is -0.369 e. The Balaban J connectivity index is 1.86. The van der Waals surface area contributed by atoms with Crippen molar-refractivity contribution in [3.63, 3.8) is 0 Å². The fourth-order valence-electron chi connectivity index (χ4n) is 2.37. The van der Waals surface area contributed by atoms with Crippen LogP contribution in [0.25, 0.3) is 0 Å². The quantitative estimate of drug-likeness (QED) is 0.878. The molecule has 1 heterocycles. The van der Waals surface area contributed by atoms with Crippen molar-refractivity contribution in [1.82, 2.24) is 15.5 Å². The van der Waals surface area contributed by atoms with E-state index in [4.69, 9.17) is 4.74 Å². The normalized spacial score (nSPS) is 22.3. The van der Waals surface area contributed by atoms with Crippen LogP contribution >= 0.6 is 0 Å². The highest BCUT2D eigenvalue weighted by Crippen LogP contribution is 2.24. The zero-order valence-electron chi connectivity index (χ0n) is 11.7. The van der Waals surface area contributed by atoms with Crippen LogP contribution in [0.15, 0.2) is 16.9 Å².